The minimum absolute atomic E-state index is 0.0771. The van der Waals surface area contributed by atoms with E-state index < -0.39 is 0 Å². The molecule has 0 aliphatic carbocycles. The second-order valence-corrected chi connectivity index (χ2v) is 8.96. The Labute approximate surface area is 215 Å². The van der Waals surface area contributed by atoms with Gasteiger partial charge in [-0.1, -0.05) is 19.9 Å². The van der Waals surface area contributed by atoms with Crippen LogP contribution in [0.15, 0.2) is 54.2 Å². The SMILES string of the molecule is CCN(CC)CCNC(=O)c1ccc(Nc2ncnc3scc(-c4ccc(OC)c(OC)c4)c23)cc1. The highest BCUT2D eigenvalue weighted by atomic mass is 32.1. The maximum absolute atomic E-state index is 12.5. The zero-order valence-electron chi connectivity index (χ0n) is 21.0. The van der Waals surface area contributed by atoms with E-state index in [1.165, 1.54) is 0 Å². The summed E-state index contributed by atoms with van der Waals surface area (Å²) in [5.74, 6) is 1.95. The number of fused-ring (bicyclic) bond motifs is 1. The second-order valence-electron chi connectivity index (χ2n) is 8.11. The first kappa shape index (κ1) is 25.4. The molecule has 188 valence electrons. The first-order chi connectivity index (χ1) is 17.6. The van der Waals surface area contributed by atoms with Crippen LogP contribution in [0, 0.1) is 0 Å². The summed E-state index contributed by atoms with van der Waals surface area (Å²) in [7, 11) is 3.24. The fourth-order valence-electron chi connectivity index (χ4n) is 4.00. The van der Waals surface area contributed by atoms with E-state index in [1.54, 1.807) is 31.9 Å². The van der Waals surface area contributed by atoms with Crippen molar-refractivity contribution < 1.29 is 14.3 Å². The smallest absolute Gasteiger partial charge is 0.251 e. The van der Waals surface area contributed by atoms with E-state index in [9.17, 15) is 4.79 Å². The number of hydrogen-bond acceptors (Lipinski definition) is 8. The highest BCUT2D eigenvalue weighted by Crippen LogP contribution is 2.40. The Hall–Kier alpha value is -3.69. The van der Waals surface area contributed by atoms with Gasteiger partial charge in [-0.2, -0.15) is 0 Å². The summed E-state index contributed by atoms with van der Waals surface area (Å²) in [5.41, 5.74) is 3.44. The first-order valence-electron chi connectivity index (χ1n) is 11.9. The minimum Gasteiger partial charge on any atom is -0.493 e. The van der Waals surface area contributed by atoms with Gasteiger partial charge in [-0.25, -0.2) is 9.97 Å². The molecule has 36 heavy (non-hydrogen) atoms. The van der Waals surface area contributed by atoms with Gasteiger partial charge in [-0.05, 0) is 55.1 Å². The van der Waals surface area contributed by atoms with Crippen molar-refractivity contribution in [2.24, 2.45) is 0 Å². The fraction of sp³-hybridized carbons (Fsp3) is 0.296. The lowest BCUT2D eigenvalue weighted by Crippen LogP contribution is -2.34. The van der Waals surface area contributed by atoms with Gasteiger partial charge < -0.3 is 25.0 Å². The maximum atomic E-state index is 12.5. The fourth-order valence-corrected chi connectivity index (χ4v) is 4.91. The average Bonchev–Trinajstić information content (AvgIpc) is 3.36. The number of thiophene rings is 1. The third-order valence-electron chi connectivity index (χ3n) is 6.08. The molecule has 0 atom stereocenters. The number of nitrogens with zero attached hydrogens (tertiary/aromatic N) is 3. The summed E-state index contributed by atoms with van der Waals surface area (Å²) in [6.45, 7) is 7.65. The maximum Gasteiger partial charge on any atom is 0.251 e. The van der Waals surface area contributed by atoms with Gasteiger partial charge in [0.2, 0.25) is 0 Å². The Morgan fingerprint density at radius 1 is 1.00 bits per heavy atom. The summed E-state index contributed by atoms with van der Waals surface area (Å²) >= 11 is 1.56. The van der Waals surface area contributed by atoms with Gasteiger partial charge in [0.15, 0.2) is 11.5 Å². The predicted molar refractivity (Wildman–Crippen MR) is 146 cm³/mol. The zero-order chi connectivity index (χ0) is 25.5. The minimum atomic E-state index is -0.0771. The summed E-state index contributed by atoms with van der Waals surface area (Å²) < 4.78 is 10.9. The summed E-state index contributed by atoms with van der Waals surface area (Å²) in [6.07, 6.45) is 1.55. The zero-order valence-corrected chi connectivity index (χ0v) is 21.8. The molecule has 4 rings (SSSR count). The standard InChI is InChI=1S/C27H31N5O3S/c1-5-32(6-2)14-13-28-26(33)18-7-10-20(11-8-18)31-25-24-21(16-36-27(24)30-17-29-25)19-9-12-22(34-3)23(15-19)35-4/h7-12,15-17H,5-6,13-14H2,1-4H3,(H,28,33)(H,29,30,31). The molecule has 9 heteroatoms. The lowest BCUT2D eigenvalue weighted by atomic mass is 10.1. The summed E-state index contributed by atoms with van der Waals surface area (Å²) in [5, 5.41) is 9.38. The number of rotatable bonds is 11. The molecule has 4 aromatic rings. The van der Waals surface area contributed by atoms with Gasteiger partial charge in [0.25, 0.3) is 5.91 Å². The summed E-state index contributed by atoms with van der Waals surface area (Å²) in [6, 6.07) is 13.2. The Morgan fingerprint density at radius 2 is 1.75 bits per heavy atom. The number of amides is 1. The van der Waals surface area contributed by atoms with Gasteiger partial charge >= 0.3 is 0 Å². The van der Waals surface area contributed by atoms with E-state index >= 15 is 0 Å². The van der Waals surface area contributed by atoms with Crippen molar-refractivity contribution in [1.82, 2.24) is 20.2 Å². The average molecular weight is 506 g/mol. The van der Waals surface area contributed by atoms with Crippen molar-refractivity contribution in [2.75, 3.05) is 45.7 Å². The molecule has 2 aromatic carbocycles. The molecule has 0 saturated heterocycles. The van der Waals surface area contributed by atoms with Crippen LogP contribution in [0.25, 0.3) is 21.3 Å². The van der Waals surface area contributed by atoms with Crippen LogP contribution < -0.4 is 20.1 Å². The molecule has 2 heterocycles. The number of carbonyl (C=O) groups excluding carboxylic acids is 1. The molecule has 0 spiro atoms. The quantitative estimate of drug-likeness (QED) is 0.290. The van der Waals surface area contributed by atoms with Crippen molar-refractivity contribution in [3.63, 3.8) is 0 Å². The van der Waals surface area contributed by atoms with Crippen LogP contribution in [0.4, 0.5) is 11.5 Å². The number of likely N-dealkylation sites (N-methyl/N-ethyl adjacent to an activating group) is 1. The predicted octanol–water partition coefficient (Wildman–Crippen LogP) is 5.19. The molecule has 0 bridgehead atoms. The number of benzene rings is 2. The molecule has 0 unspecified atom stereocenters. The van der Waals surface area contributed by atoms with Gasteiger partial charge in [0.1, 0.15) is 17.0 Å². The molecule has 0 radical (unpaired) electrons. The van der Waals surface area contributed by atoms with E-state index in [1.807, 2.05) is 42.5 Å². The van der Waals surface area contributed by atoms with Crippen LogP contribution in [0.5, 0.6) is 11.5 Å². The highest BCUT2D eigenvalue weighted by Gasteiger charge is 2.16. The Kier molecular flexibility index (Phi) is 8.35. The molecule has 1 amide bonds. The van der Waals surface area contributed by atoms with E-state index in [0.29, 0.717) is 29.4 Å². The number of ether oxygens (including phenoxy) is 2. The van der Waals surface area contributed by atoms with Crippen LogP contribution >= 0.6 is 11.3 Å². The lowest BCUT2D eigenvalue weighted by Gasteiger charge is -2.18. The van der Waals surface area contributed by atoms with Crippen LogP contribution in [-0.2, 0) is 0 Å². The van der Waals surface area contributed by atoms with Crippen molar-refractivity contribution in [2.45, 2.75) is 13.8 Å². The number of nitrogens with one attached hydrogen (secondary N) is 2. The highest BCUT2D eigenvalue weighted by molar-refractivity contribution is 7.17. The molecular weight excluding hydrogens is 474 g/mol. The van der Waals surface area contributed by atoms with Crippen molar-refractivity contribution in [3.8, 4) is 22.6 Å². The molecule has 2 N–H and O–H groups in total. The molecule has 8 nitrogen and oxygen atoms in total. The van der Waals surface area contributed by atoms with Gasteiger partial charge in [0, 0.05) is 35.3 Å². The topological polar surface area (TPSA) is 88.6 Å². The number of methoxy groups -OCH3 is 2. The van der Waals surface area contributed by atoms with Crippen LogP contribution in [0.2, 0.25) is 0 Å². The monoisotopic (exact) mass is 505 g/mol. The van der Waals surface area contributed by atoms with Gasteiger partial charge in [-0.15, -0.1) is 11.3 Å². The second kappa shape index (κ2) is 11.8. The normalized spacial score (nSPS) is 11.0. The van der Waals surface area contributed by atoms with Crippen molar-refractivity contribution in [1.29, 1.82) is 0 Å². The van der Waals surface area contributed by atoms with Gasteiger partial charge in [-0.3, -0.25) is 4.79 Å². The molecule has 0 aliphatic rings. The third-order valence-corrected chi connectivity index (χ3v) is 6.97. The number of carbonyl (C=O) groups is 1. The van der Waals surface area contributed by atoms with Crippen LogP contribution in [0.3, 0.4) is 0 Å². The molecule has 0 saturated carbocycles. The number of hydrogen-bond donors (Lipinski definition) is 2. The largest absolute Gasteiger partial charge is 0.493 e. The van der Waals surface area contributed by atoms with Crippen LogP contribution in [-0.4, -0.2) is 61.2 Å². The molecular formula is C27H31N5O3S. The number of anilines is 2. The first-order valence-corrected chi connectivity index (χ1v) is 12.8. The van der Waals surface area contributed by atoms with E-state index in [0.717, 1.165) is 46.7 Å². The molecule has 2 aromatic heterocycles. The lowest BCUT2D eigenvalue weighted by molar-refractivity contribution is 0.0949. The third kappa shape index (κ3) is 5.58. The molecule has 0 aliphatic heterocycles. The van der Waals surface area contributed by atoms with E-state index in [-0.39, 0.29) is 5.91 Å². The van der Waals surface area contributed by atoms with Crippen LogP contribution in [0.1, 0.15) is 24.2 Å². The Bertz CT molecular complexity index is 1320. The van der Waals surface area contributed by atoms with E-state index in [4.69, 9.17) is 9.47 Å². The van der Waals surface area contributed by atoms with Crippen molar-refractivity contribution >= 4 is 39.0 Å². The Morgan fingerprint density at radius 3 is 2.44 bits per heavy atom. The number of aromatic nitrogens is 2. The van der Waals surface area contributed by atoms with Crippen molar-refractivity contribution in [3.05, 3.63) is 59.7 Å². The Balaban J connectivity index is 1.53. The van der Waals surface area contributed by atoms with Gasteiger partial charge in [0.05, 0.1) is 19.6 Å². The van der Waals surface area contributed by atoms with E-state index in [2.05, 4.69) is 44.7 Å². The summed E-state index contributed by atoms with van der Waals surface area (Å²) in [4.78, 5) is 24.6. The molecule has 0 fully saturated rings.